The number of anilines is 1. The van der Waals surface area contributed by atoms with E-state index < -0.39 is 11.7 Å². The summed E-state index contributed by atoms with van der Waals surface area (Å²) in [6.45, 7) is 2.47. The molecule has 4 nitrogen and oxygen atoms in total. The molecule has 2 rings (SSSR count). The van der Waals surface area contributed by atoms with Gasteiger partial charge < -0.3 is 10.5 Å². The van der Waals surface area contributed by atoms with Crippen LogP contribution in [0.3, 0.4) is 0 Å². The van der Waals surface area contributed by atoms with E-state index in [4.69, 9.17) is 10.5 Å². The molecular weight excluding hydrogens is 247 g/mol. The SMILES string of the molecule is Nc1cnc(CN2CCOCC2)c(C(F)(F)F)c1. The molecule has 0 bridgehead atoms. The van der Waals surface area contributed by atoms with Gasteiger partial charge in [0.25, 0.3) is 0 Å². The molecule has 2 N–H and O–H groups in total. The average Bonchev–Trinajstić information content (AvgIpc) is 2.31. The van der Waals surface area contributed by atoms with Gasteiger partial charge in [0.15, 0.2) is 0 Å². The zero-order valence-corrected chi connectivity index (χ0v) is 9.70. The van der Waals surface area contributed by atoms with Gasteiger partial charge in [0.1, 0.15) is 0 Å². The molecule has 0 saturated carbocycles. The maximum atomic E-state index is 12.8. The fraction of sp³-hybridized carbons (Fsp3) is 0.545. The molecular formula is C11H14F3N3O. The van der Waals surface area contributed by atoms with Crippen LogP contribution in [0, 0.1) is 0 Å². The van der Waals surface area contributed by atoms with E-state index in [-0.39, 0.29) is 17.9 Å². The Kier molecular flexibility index (Phi) is 3.72. The van der Waals surface area contributed by atoms with Crippen LogP contribution < -0.4 is 5.73 Å². The normalized spacial score (nSPS) is 17.9. The van der Waals surface area contributed by atoms with Crippen LogP contribution in [0.15, 0.2) is 12.3 Å². The minimum absolute atomic E-state index is 0.0126. The van der Waals surface area contributed by atoms with Crippen molar-refractivity contribution in [2.75, 3.05) is 32.0 Å². The number of alkyl halides is 3. The van der Waals surface area contributed by atoms with Gasteiger partial charge in [-0.2, -0.15) is 13.2 Å². The van der Waals surface area contributed by atoms with Gasteiger partial charge in [-0.15, -0.1) is 0 Å². The average molecular weight is 261 g/mol. The fourth-order valence-corrected chi connectivity index (χ4v) is 1.85. The van der Waals surface area contributed by atoms with E-state index in [0.717, 1.165) is 6.07 Å². The molecule has 0 spiro atoms. The Hall–Kier alpha value is -1.34. The number of nitrogens with zero attached hydrogens (tertiary/aromatic N) is 2. The predicted octanol–water partition coefficient (Wildman–Crippen LogP) is 1.51. The van der Waals surface area contributed by atoms with E-state index in [1.807, 2.05) is 4.90 Å². The van der Waals surface area contributed by atoms with Crippen LogP contribution in [0.2, 0.25) is 0 Å². The van der Waals surface area contributed by atoms with Crippen LogP contribution in [0.5, 0.6) is 0 Å². The molecule has 0 amide bonds. The minimum atomic E-state index is -4.43. The summed E-state index contributed by atoms with van der Waals surface area (Å²) in [5.74, 6) is 0. The molecule has 0 atom stereocenters. The van der Waals surface area contributed by atoms with Crippen LogP contribution in [-0.2, 0) is 17.5 Å². The van der Waals surface area contributed by atoms with Gasteiger partial charge in [0.2, 0.25) is 0 Å². The number of nitrogen functional groups attached to an aromatic ring is 1. The van der Waals surface area contributed by atoms with Crippen molar-refractivity contribution in [1.82, 2.24) is 9.88 Å². The van der Waals surface area contributed by atoms with Gasteiger partial charge in [0.05, 0.1) is 36.4 Å². The van der Waals surface area contributed by atoms with Crippen LogP contribution in [0.25, 0.3) is 0 Å². The summed E-state index contributed by atoms with van der Waals surface area (Å²) in [6.07, 6.45) is -3.17. The molecule has 18 heavy (non-hydrogen) atoms. The lowest BCUT2D eigenvalue weighted by molar-refractivity contribution is -0.138. The van der Waals surface area contributed by atoms with Gasteiger partial charge in [0, 0.05) is 19.6 Å². The summed E-state index contributed by atoms with van der Waals surface area (Å²) in [4.78, 5) is 5.70. The number of nitrogens with two attached hydrogens (primary N) is 1. The van der Waals surface area contributed by atoms with Crippen molar-refractivity contribution in [3.8, 4) is 0 Å². The van der Waals surface area contributed by atoms with E-state index >= 15 is 0 Å². The van der Waals surface area contributed by atoms with Gasteiger partial charge in [-0.3, -0.25) is 9.88 Å². The third kappa shape index (κ3) is 3.11. The van der Waals surface area contributed by atoms with Crippen molar-refractivity contribution < 1.29 is 17.9 Å². The van der Waals surface area contributed by atoms with E-state index in [2.05, 4.69) is 4.98 Å². The first-order valence-corrected chi connectivity index (χ1v) is 5.58. The highest BCUT2D eigenvalue weighted by atomic mass is 19.4. The van der Waals surface area contributed by atoms with E-state index in [9.17, 15) is 13.2 Å². The molecule has 0 aromatic carbocycles. The minimum Gasteiger partial charge on any atom is -0.397 e. The Morgan fingerprint density at radius 1 is 1.33 bits per heavy atom. The Labute approximate surface area is 103 Å². The molecule has 1 aromatic rings. The van der Waals surface area contributed by atoms with E-state index in [1.165, 1.54) is 6.20 Å². The number of ether oxygens (including phenoxy) is 1. The summed E-state index contributed by atoms with van der Waals surface area (Å²) < 4.78 is 43.7. The Morgan fingerprint density at radius 3 is 2.61 bits per heavy atom. The highest BCUT2D eigenvalue weighted by Crippen LogP contribution is 2.32. The number of hydrogen-bond donors (Lipinski definition) is 1. The van der Waals surface area contributed by atoms with Gasteiger partial charge in [-0.25, -0.2) is 0 Å². The topological polar surface area (TPSA) is 51.4 Å². The lowest BCUT2D eigenvalue weighted by atomic mass is 10.1. The van der Waals surface area contributed by atoms with Crippen molar-refractivity contribution in [2.24, 2.45) is 0 Å². The third-order valence-corrected chi connectivity index (χ3v) is 2.77. The summed E-state index contributed by atoms with van der Waals surface area (Å²) >= 11 is 0. The molecule has 0 unspecified atom stereocenters. The summed E-state index contributed by atoms with van der Waals surface area (Å²) in [5.41, 5.74) is 4.64. The van der Waals surface area contributed by atoms with Gasteiger partial charge in [-0.05, 0) is 6.07 Å². The number of aromatic nitrogens is 1. The molecule has 2 heterocycles. The number of hydrogen-bond acceptors (Lipinski definition) is 4. The highest BCUT2D eigenvalue weighted by Gasteiger charge is 2.34. The molecule has 1 fully saturated rings. The second-order valence-electron chi connectivity index (χ2n) is 4.15. The molecule has 1 aliphatic heterocycles. The van der Waals surface area contributed by atoms with Gasteiger partial charge >= 0.3 is 6.18 Å². The quantitative estimate of drug-likeness (QED) is 0.877. The first-order chi connectivity index (χ1) is 8.47. The first-order valence-electron chi connectivity index (χ1n) is 5.58. The number of rotatable bonds is 2. The lowest BCUT2D eigenvalue weighted by Gasteiger charge is -2.27. The molecule has 1 saturated heterocycles. The number of morpholine rings is 1. The molecule has 0 radical (unpaired) electrons. The lowest BCUT2D eigenvalue weighted by Crippen LogP contribution is -2.36. The predicted molar refractivity (Wildman–Crippen MR) is 59.7 cm³/mol. The summed E-state index contributed by atoms with van der Waals surface area (Å²) in [5, 5.41) is 0. The third-order valence-electron chi connectivity index (χ3n) is 2.77. The molecule has 7 heteroatoms. The standard InChI is InChI=1S/C11H14F3N3O/c12-11(13,14)9-5-8(15)6-16-10(9)7-17-1-3-18-4-2-17/h5-6H,1-4,7,15H2. The van der Waals surface area contributed by atoms with Gasteiger partial charge in [-0.1, -0.05) is 0 Å². The van der Waals surface area contributed by atoms with Crippen molar-refractivity contribution in [1.29, 1.82) is 0 Å². The van der Waals surface area contributed by atoms with Crippen molar-refractivity contribution in [3.05, 3.63) is 23.5 Å². The number of pyridine rings is 1. The zero-order chi connectivity index (χ0) is 13.2. The fourth-order valence-electron chi connectivity index (χ4n) is 1.85. The maximum Gasteiger partial charge on any atom is 0.418 e. The molecule has 100 valence electrons. The first kappa shape index (κ1) is 13.1. The Balaban J connectivity index is 2.21. The molecule has 1 aliphatic rings. The van der Waals surface area contributed by atoms with Crippen molar-refractivity contribution in [2.45, 2.75) is 12.7 Å². The smallest absolute Gasteiger partial charge is 0.397 e. The van der Waals surface area contributed by atoms with E-state index in [0.29, 0.717) is 26.3 Å². The second-order valence-corrected chi connectivity index (χ2v) is 4.15. The largest absolute Gasteiger partial charge is 0.418 e. The second kappa shape index (κ2) is 5.11. The molecule has 1 aromatic heterocycles. The summed E-state index contributed by atoms with van der Waals surface area (Å²) in [6, 6.07) is 0.933. The number of halogens is 3. The highest BCUT2D eigenvalue weighted by molar-refractivity contribution is 5.41. The zero-order valence-electron chi connectivity index (χ0n) is 9.70. The maximum absolute atomic E-state index is 12.8. The Morgan fingerprint density at radius 2 is 2.00 bits per heavy atom. The molecule has 0 aliphatic carbocycles. The van der Waals surface area contributed by atoms with E-state index in [1.54, 1.807) is 0 Å². The van der Waals surface area contributed by atoms with Crippen LogP contribution in [0.1, 0.15) is 11.3 Å². The van der Waals surface area contributed by atoms with Crippen LogP contribution in [0.4, 0.5) is 18.9 Å². The van der Waals surface area contributed by atoms with Crippen molar-refractivity contribution >= 4 is 5.69 Å². The Bertz CT molecular complexity index is 416. The van der Waals surface area contributed by atoms with Crippen LogP contribution >= 0.6 is 0 Å². The van der Waals surface area contributed by atoms with Crippen molar-refractivity contribution in [3.63, 3.8) is 0 Å². The van der Waals surface area contributed by atoms with Crippen LogP contribution in [-0.4, -0.2) is 36.2 Å². The monoisotopic (exact) mass is 261 g/mol. The summed E-state index contributed by atoms with van der Waals surface area (Å²) in [7, 11) is 0.